The van der Waals surface area contributed by atoms with Crippen LogP contribution in [0.4, 0.5) is 26.4 Å². The van der Waals surface area contributed by atoms with E-state index in [2.05, 4.69) is 20.6 Å². The van der Waals surface area contributed by atoms with Crippen molar-refractivity contribution in [2.75, 3.05) is 10.6 Å². The van der Waals surface area contributed by atoms with E-state index in [0.717, 1.165) is 31.4 Å². The van der Waals surface area contributed by atoms with Crippen molar-refractivity contribution in [2.45, 2.75) is 76.5 Å². The van der Waals surface area contributed by atoms with Gasteiger partial charge in [0.05, 0.1) is 12.3 Å². The molecule has 37 heavy (non-hydrogen) atoms. The number of aromatic nitrogens is 4. The Labute approximate surface area is 217 Å². The van der Waals surface area contributed by atoms with E-state index in [1.807, 2.05) is 11.5 Å². The molecular weight excluding hydrogens is 504 g/mol. The number of nitrogens with two attached hydrogens (primary N) is 1. The van der Waals surface area contributed by atoms with E-state index in [1.165, 1.54) is 0 Å². The summed E-state index contributed by atoms with van der Waals surface area (Å²) >= 11 is 5.79. The summed E-state index contributed by atoms with van der Waals surface area (Å²) in [6.45, 7) is 1.86. The van der Waals surface area contributed by atoms with Crippen LogP contribution in [-0.2, 0) is 4.79 Å². The maximum atomic E-state index is 14.6. The van der Waals surface area contributed by atoms with Gasteiger partial charge in [-0.3, -0.25) is 9.36 Å². The van der Waals surface area contributed by atoms with E-state index in [-0.39, 0.29) is 40.8 Å². The second-order valence-electron chi connectivity index (χ2n) is 10.4. The number of aliphatic hydroxyl groups excluding tert-OH is 1. The molecule has 2 aromatic heterocycles. The topological polar surface area (TPSA) is 131 Å². The maximum absolute atomic E-state index is 14.6. The fourth-order valence-corrected chi connectivity index (χ4v) is 5.58. The molecule has 0 saturated heterocycles. The Kier molecular flexibility index (Phi) is 6.93. The number of primary amides is 1. The van der Waals surface area contributed by atoms with E-state index in [9.17, 15) is 18.7 Å². The molecule has 3 aromatic rings. The fourth-order valence-electron chi connectivity index (χ4n) is 5.39. The number of carbonyl (C=O) groups excluding carboxylic acids is 1. The van der Waals surface area contributed by atoms with Crippen LogP contribution in [0.25, 0.3) is 11.2 Å². The van der Waals surface area contributed by atoms with Crippen molar-refractivity contribution in [2.24, 2.45) is 11.1 Å². The Morgan fingerprint density at radius 2 is 1.89 bits per heavy atom. The first-order valence-electron chi connectivity index (χ1n) is 12.5. The largest absolute Gasteiger partial charge is 0.393 e. The number of aliphatic hydroxyl groups is 1. The van der Waals surface area contributed by atoms with Crippen molar-refractivity contribution in [3.8, 4) is 0 Å². The molecule has 2 saturated carbocycles. The highest BCUT2D eigenvalue weighted by Gasteiger charge is 2.38. The third kappa shape index (κ3) is 5.19. The lowest BCUT2D eigenvalue weighted by Crippen LogP contribution is -2.38. The lowest BCUT2D eigenvalue weighted by molar-refractivity contribution is -0.128. The van der Waals surface area contributed by atoms with Gasteiger partial charge in [-0.25, -0.2) is 18.7 Å². The molecule has 0 spiro atoms. The summed E-state index contributed by atoms with van der Waals surface area (Å²) in [6, 6.07) is 1.95. The van der Waals surface area contributed by atoms with Crippen LogP contribution >= 0.6 is 11.6 Å². The number of nitrogens with zero attached hydrogens (tertiary/aromatic N) is 4. The van der Waals surface area contributed by atoms with Gasteiger partial charge in [-0.05, 0) is 63.5 Å². The fraction of sp³-hybridized carbons (Fsp3) is 0.520. The zero-order chi connectivity index (χ0) is 26.3. The molecule has 2 aliphatic rings. The molecule has 5 N–H and O–H groups in total. The molecule has 2 heterocycles. The molecule has 12 heteroatoms. The van der Waals surface area contributed by atoms with Gasteiger partial charge in [0.2, 0.25) is 17.8 Å². The SMILES string of the molecule is CC1(C(N)=O)CCC(n2c(Nc3c(F)cc(Cl)cc3F)nc3cnc(NC4CCCC(O)C4)nc32)CC1. The molecule has 2 atom stereocenters. The van der Waals surface area contributed by atoms with Crippen molar-refractivity contribution in [1.82, 2.24) is 19.5 Å². The second kappa shape index (κ2) is 10.0. The normalized spacial score (nSPS) is 26.2. The number of amides is 1. The molecule has 1 amide bonds. The first kappa shape index (κ1) is 25.6. The van der Waals surface area contributed by atoms with Crippen molar-refractivity contribution in [3.63, 3.8) is 0 Å². The number of carbonyl (C=O) groups is 1. The van der Waals surface area contributed by atoms with Crippen LogP contribution < -0.4 is 16.4 Å². The Balaban J connectivity index is 1.52. The van der Waals surface area contributed by atoms with Crippen molar-refractivity contribution in [1.29, 1.82) is 0 Å². The van der Waals surface area contributed by atoms with Crippen LogP contribution in [0.2, 0.25) is 5.02 Å². The predicted octanol–water partition coefficient (Wildman–Crippen LogP) is 4.82. The van der Waals surface area contributed by atoms with E-state index in [0.29, 0.717) is 49.2 Å². The van der Waals surface area contributed by atoms with E-state index in [4.69, 9.17) is 22.3 Å². The number of benzene rings is 1. The molecule has 198 valence electrons. The van der Waals surface area contributed by atoms with Crippen LogP contribution in [-0.4, -0.2) is 42.7 Å². The zero-order valence-electron chi connectivity index (χ0n) is 20.5. The third-order valence-corrected chi connectivity index (χ3v) is 7.89. The summed E-state index contributed by atoms with van der Waals surface area (Å²) in [5, 5.41) is 16.1. The van der Waals surface area contributed by atoms with Gasteiger partial charge in [-0.2, -0.15) is 4.98 Å². The lowest BCUT2D eigenvalue weighted by atomic mass is 9.73. The van der Waals surface area contributed by atoms with Gasteiger partial charge in [-0.1, -0.05) is 18.5 Å². The molecule has 0 aliphatic heterocycles. The van der Waals surface area contributed by atoms with Crippen LogP contribution in [0, 0.1) is 17.0 Å². The van der Waals surface area contributed by atoms with Gasteiger partial charge in [-0.15, -0.1) is 0 Å². The predicted molar refractivity (Wildman–Crippen MR) is 137 cm³/mol. The first-order chi connectivity index (χ1) is 17.6. The molecule has 2 aliphatic carbocycles. The molecular formula is C25H30ClF2N7O2. The van der Waals surface area contributed by atoms with Crippen LogP contribution in [0.1, 0.15) is 64.3 Å². The van der Waals surface area contributed by atoms with Gasteiger partial charge in [0.1, 0.15) is 11.2 Å². The average molecular weight is 534 g/mol. The molecule has 9 nitrogen and oxygen atoms in total. The molecule has 2 unspecified atom stereocenters. The molecule has 2 fully saturated rings. The summed E-state index contributed by atoms with van der Waals surface area (Å²) in [5.74, 6) is -1.44. The number of anilines is 3. The highest BCUT2D eigenvalue weighted by Crippen LogP contribution is 2.43. The van der Waals surface area contributed by atoms with Crippen LogP contribution in [0.15, 0.2) is 18.3 Å². The van der Waals surface area contributed by atoms with Gasteiger partial charge in [0, 0.05) is 22.5 Å². The van der Waals surface area contributed by atoms with Gasteiger partial charge < -0.3 is 21.5 Å². The molecule has 0 bridgehead atoms. The second-order valence-corrected chi connectivity index (χ2v) is 10.8. The van der Waals surface area contributed by atoms with E-state index >= 15 is 0 Å². The average Bonchev–Trinajstić information content (AvgIpc) is 3.19. The van der Waals surface area contributed by atoms with E-state index < -0.39 is 17.0 Å². The third-order valence-electron chi connectivity index (χ3n) is 7.67. The van der Waals surface area contributed by atoms with Crippen LogP contribution in [0.5, 0.6) is 0 Å². The van der Waals surface area contributed by atoms with Gasteiger partial charge in [0.25, 0.3) is 0 Å². The number of fused-ring (bicyclic) bond motifs is 1. The number of rotatable bonds is 6. The monoisotopic (exact) mass is 533 g/mol. The number of imidazole rings is 1. The maximum Gasteiger partial charge on any atom is 0.224 e. The summed E-state index contributed by atoms with van der Waals surface area (Å²) in [4.78, 5) is 25.7. The van der Waals surface area contributed by atoms with Crippen LogP contribution in [0.3, 0.4) is 0 Å². The van der Waals surface area contributed by atoms with Crippen molar-refractivity contribution < 1.29 is 18.7 Å². The van der Waals surface area contributed by atoms with Crippen molar-refractivity contribution >= 4 is 46.3 Å². The minimum absolute atomic E-state index is 0.0402. The highest BCUT2D eigenvalue weighted by molar-refractivity contribution is 6.30. The number of nitrogens with one attached hydrogen (secondary N) is 2. The Morgan fingerprint density at radius 1 is 1.19 bits per heavy atom. The summed E-state index contributed by atoms with van der Waals surface area (Å²) in [5.41, 5.74) is 5.61. The van der Waals surface area contributed by atoms with Crippen molar-refractivity contribution in [3.05, 3.63) is 35.0 Å². The zero-order valence-corrected chi connectivity index (χ0v) is 21.2. The standard InChI is InChI=1S/C25H30ClF2N7O2/c1-25(22(29)37)7-5-15(6-8-25)35-21-19(12-30-23(34-21)31-14-3-2-4-16(36)11-14)32-24(35)33-20-17(27)9-13(26)10-18(20)28/h9-10,12,14-16,36H,2-8,11H2,1H3,(H2,29,37)(H,32,33)(H,30,31,34). The van der Waals surface area contributed by atoms with Gasteiger partial charge >= 0.3 is 0 Å². The minimum atomic E-state index is -0.849. The molecule has 5 rings (SSSR count). The summed E-state index contributed by atoms with van der Waals surface area (Å²) in [6.07, 6.45) is 6.73. The molecule has 1 aromatic carbocycles. The number of halogens is 3. The smallest absolute Gasteiger partial charge is 0.224 e. The Hall–Kier alpha value is -3.05. The minimum Gasteiger partial charge on any atom is -0.393 e. The molecule has 0 radical (unpaired) electrons. The number of hydrogen-bond acceptors (Lipinski definition) is 7. The number of hydrogen-bond donors (Lipinski definition) is 4. The van der Waals surface area contributed by atoms with Gasteiger partial charge in [0.15, 0.2) is 17.3 Å². The van der Waals surface area contributed by atoms with E-state index in [1.54, 1.807) is 6.20 Å². The quantitative estimate of drug-likeness (QED) is 0.357. The summed E-state index contributed by atoms with van der Waals surface area (Å²) < 4.78 is 31.1. The highest BCUT2D eigenvalue weighted by atomic mass is 35.5. The lowest BCUT2D eigenvalue weighted by Gasteiger charge is -2.35. The Morgan fingerprint density at radius 3 is 2.54 bits per heavy atom. The summed E-state index contributed by atoms with van der Waals surface area (Å²) in [7, 11) is 0. The first-order valence-corrected chi connectivity index (χ1v) is 12.9. The Bertz CT molecular complexity index is 1300.